The van der Waals surface area contributed by atoms with Crippen LogP contribution in [0.1, 0.15) is 17.8 Å². The van der Waals surface area contributed by atoms with Gasteiger partial charge in [-0.1, -0.05) is 0 Å². The molecule has 0 aromatic carbocycles. The molecule has 14 heavy (non-hydrogen) atoms. The summed E-state index contributed by atoms with van der Waals surface area (Å²) in [5, 5.41) is 8.45. The largest absolute Gasteiger partial charge is 0.280 e. The number of nitrogens with zero attached hydrogens (tertiary/aromatic N) is 2. The second-order valence-corrected chi connectivity index (χ2v) is 4.07. The van der Waals surface area contributed by atoms with E-state index < -0.39 is 6.43 Å². The van der Waals surface area contributed by atoms with E-state index in [1.165, 1.54) is 6.07 Å². The number of pyridine rings is 1. The Kier molecular flexibility index (Phi) is 3.96. The second kappa shape index (κ2) is 4.80. The fourth-order valence-corrected chi connectivity index (χ4v) is 1.68. The first kappa shape index (κ1) is 11.5. The number of nitriles is 1. The third kappa shape index (κ3) is 2.49. The fraction of sp³-hybridized carbons (Fsp3) is 0.250. The lowest BCUT2D eigenvalue weighted by Gasteiger charge is -2.05. The van der Waals surface area contributed by atoms with Crippen molar-refractivity contribution in [2.24, 2.45) is 0 Å². The van der Waals surface area contributed by atoms with Gasteiger partial charge in [0.15, 0.2) is 0 Å². The van der Waals surface area contributed by atoms with E-state index in [1.807, 2.05) is 6.07 Å². The Morgan fingerprint density at radius 2 is 2.14 bits per heavy atom. The molecule has 0 radical (unpaired) electrons. The first-order chi connectivity index (χ1) is 6.56. The average molecular weight is 326 g/mol. The zero-order chi connectivity index (χ0) is 10.7. The van der Waals surface area contributed by atoms with E-state index in [0.29, 0.717) is 14.6 Å². The molecule has 1 aromatic heterocycles. The molecule has 1 aromatic rings. The highest BCUT2D eigenvalue weighted by atomic mass is 79.9. The Balaban J connectivity index is 3.22. The van der Waals surface area contributed by atoms with Crippen molar-refractivity contribution in [2.45, 2.75) is 12.8 Å². The molecule has 0 spiro atoms. The molecular weight excluding hydrogens is 322 g/mol. The highest BCUT2D eigenvalue weighted by Gasteiger charge is 2.14. The van der Waals surface area contributed by atoms with E-state index in [-0.39, 0.29) is 12.1 Å². The lowest BCUT2D eigenvalue weighted by Crippen LogP contribution is -1.97. The second-order valence-electron chi connectivity index (χ2n) is 2.43. The van der Waals surface area contributed by atoms with Gasteiger partial charge >= 0.3 is 0 Å². The highest BCUT2D eigenvalue weighted by molar-refractivity contribution is 9.13. The van der Waals surface area contributed by atoms with Gasteiger partial charge in [0, 0.05) is 4.47 Å². The van der Waals surface area contributed by atoms with Gasteiger partial charge in [0.1, 0.15) is 5.69 Å². The van der Waals surface area contributed by atoms with Crippen LogP contribution >= 0.6 is 31.9 Å². The van der Waals surface area contributed by atoms with Crippen molar-refractivity contribution in [2.75, 3.05) is 0 Å². The third-order valence-electron chi connectivity index (χ3n) is 1.47. The van der Waals surface area contributed by atoms with Crippen LogP contribution in [0.2, 0.25) is 0 Å². The molecule has 0 N–H and O–H groups in total. The molecule has 0 saturated carbocycles. The molecule has 1 heterocycles. The lowest BCUT2D eigenvalue weighted by molar-refractivity contribution is 0.145. The van der Waals surface area contributed by atoms with Gasteiger partial charge in [0.25, 0.3) is 6.43 Å². The van der Waals surface area contributed by atoms with Crippen LogP contribution in [-0.2, 0) is 6.42 Å². The van der Waals surface area contributed by atoms with Gasteiger partial charge in [-0.3, -0.25) is 0 Å². The minimum absolute atomic E-state index is 0.000255. The lowest BCUT2D eigenvalue weighted by atomic mass is 10.2. The van der Waals surface area contributed by atoms with Gasteiger partial charge in [-0.25, -0.2) is 13.8 Å². The van der Waals surface area contributed by atoms with Crippen molar-refractivity contribution in [3.63, 3.8) is 0 Å². The summed E-state index contributed by atoms with van der Waals surface area (Å²) in [7, 11) is 0. The van der Waals surface area contributed by atoms with E-state index in [2.05, 4.69) is 36.8 Å². The van der Waals surface area contributed by atoms with Gasteiger partial charge in [-0.2, -0.15) is 5.26 Å². The molecule has 0 aliphatic rings. The van der Waals surface area contributed by atoms with Gasteiger partial charge in [0.05, 0.1) is 22.7 Å². The maximum Gasteiger partial charge on any atom is 0.280 e. The molecular formula is C8H4Br2F2N2. The number of aromatic nitrogens is 1. The van der Waals surface area contributed by atoms with Crippen LogP contribution in [0.15, 0.2) is 15.0 Å². The highest BCUT2D eigenvalue weighted by Crippen LogP contribution is 2.29. The van der Waals surface area contributed by atoms with Gasteiger partial charge in [0.2, 0.25) is 0 Å². The molecule has 0 saturated heterocycles. The van der Waals surface area contributed by atoms with E-state index in [4.69, 9.17) is 5.26 Å². The smallest absolute Gasteiger partial charge is 0.250 e. The maximum absolute atomic E-state index is 12.3. The summed E-state index contributed by atoms with van der Waals surface area (Å²) >= 11 is 6.26. The number of rotatable bonds is 2. The number of hydrogen-bond acceptors (Lipinski definition) is 2. The summed E-state index contributed by atoms with van der Waals surface area (Å²) in [5.74, 6) is 0. The topological polar surface area (TPSA) is 36.7 Å². The molecule has 2 nitrogen and oxygen atoms in total. The standard InChI is InChI=1S/C8H4Br2F2N2/c9-4-3-6(8(11)12)14-5(1-2-13)7(4)10/h3,8H,1H2. The van der Waals surface area contributed by atoms with Crippen LogP contribution in [0.25, 0.3) is 0 Å². The Bertz CT molecular complexity index is 388. The summed E-state index contributed by atoms with van der Waals surface area (Å²) in [5.41, 5.74) is -0.0116. The van der Waals surface area contributed by atoms with E-state index in [1.54, 1.807) is 0 Å². The quantitative estimate of drug-likeness (QED) is 0.832. The van der Waals surface area contributed by atoms with Crippen molar-refractivity contribution in [3.05, 3.63) is 26.4 Å². The van der Waals surface area contributed by atoms with Crippen LogP contribution in [0.3, 0.4) is 0 Å². The Labute approximate surface area is 96.2 Å². The Morgan fingerprint density at radius 1 is 1.50 bits per heavy atom. The van der Waals surface area contributed by atoms with Gasteiger partial charge < -0.3 is 0 Å². The van der Waals surface area contributed by atoms with E-state index in [0.717, 1.165) is 0 Å². The molecule has 0 atom stereocenters. The van der Waals surface area contributed by atoms with Crippen LogP contribution in [0.4, 0.5) is 8.78 Å². The van der Waals surface area contributed by atoms with Crippen LogP contribution in [0, 0.1) is 11.3 Å². The fourth-order valence-electron chi connectivity index (χ4n) is 0.872. The van der Waals surface area contributed by atoms with Crippen molar-refractivity contribution in [1.82, 2.24) is 4.98 Å². The van der Waals surface area contributed by atoms with Crippen molar-refractivity contribution in [1.29, 1.82) is 5.26 Å². The summed E-state index contributed by atoms with van der Waals surface area (Å²) in [6.07, 6.45) is -2.63. The Morgan fingerprint density at radius 3 is 2.64 bits per heavy atom. The normalized spacial score (nSPS) is 10.3. The molecule has 74 valence electrons. The molecule has 0 amide bonds. The SMILES string of the molecule is N#CCc1nc(C(F)F)cc(Br)c1Br. The zero-order valence-electron chi connectivity index (χ0n) is 6.77. The first-order valence-corrected chi connectivity index (χ1v) is 5.14. The van der Waals surface area contributed by atoms with Crippen molar-refractivity contribution >= 4 is 31.9 Å². The van der Waals surface area contributed by atoms with Crippen LogP contribution in [-0.4, -0.2) is 4.98 Å². The maximum atomic E-state index is 12.3. The van der Waals surface area contributed by atoms with Crippen LogP contribution < -0.4 is 0 Å². The summed E-state index contributed by atoms with van der Waals surface area (Å²) in [6, 6.07) is 3.09. The summed E-state index contributed by atoms with van der Waals surface area (Å²) in [4.78, 5) is 3.67. The molecule has 0 fully saturated rings. The monoisotopic (exact) mass is 324 g/mol. The molecule has 6 heteroatoms. The predicted molar refractivity (Wildman–Crippen MR) is 53.9 cm³/mol. The number of hydrogen-bond donors (Lipinski definition) is 0. The number of alkyl halides is 2. The minimum Gasteiger partial charge on any atom is -0.250 e. The van der Waals surface area contributed by atoms with E-state index >= 15 is 0 Å². The molecule has 0 aliphatic heterocycles. The predicted octanol–water partition coefficient (Wildman–Crippen LogP) is 3.61. The molecule has 0 aliphatic carbocycles. The third-order valence-corrected chi connectivity index (χ3v) is 3.51. The molecule has 1 rings (SSSR count). The number of halogens is 4. The van der Waals surface area contributed by atoms with Gasteiger partial charge in [-0.05, 0) is 37.9 Å². The summed E-state index contributed by atoms with van der Waals surface area (Å²) < 4.78 is 25.7. The molecule has 0 unspecified atom stereocenters. The van der Waals surface area contributed by atoms with Crippen LogP contribution in [0.5, 0.6) is 0 Å². The first-order valence-electron chi connectivity index (χ1n) is 3.56. The average Bonchev–Trinajstić information content (AvgIpc) is 2.12. The zero-order valence-corrected chi connectivity index (χ0v) is 9.94. The van der Waals surface area contributed by atoms with Gasteiger partial charge in [-0.15, -0.1) is 0 Å². The Hall–Kier alpha value is -0.540. The van der Waals surface area contributed by atoms with Crippen molar-refractivity contribution in [3.8, 4) is 6.07 Å². The van der Waals surface area contributed by atoms with Crippen molar-refractivity contribution < 1.29 is 8.78 Å². The van der Waals surface area contributed by atoms with E-state index in [9.17, 15) is 8.78 Å². The minimum atomic E-state index is -2.63. The molecule has 0 bridgehead atoms. The summed E-state index contributed by atoms with van der Waals surface area (Å²) in [6.45, 7) is 0.